The molecular weight excluding hydrogens is 444 g/mol. The Labute approximate surface area is 165 Å². The number of non-ortho nitro benzene ring substituents is 1. The summed E-state index contributed by atoms with van der Waals surface area (Å²) in [5, 5.41) is 11.1. The topological polar surface area (TPSA) is 100 Å². The van der Waals surface area contributed by atoms with Gasteiger partial charge in [-0.1, -0.05) is 27.5 Å². The maximum atomic E-state index is 12.2. The number of benzene rings is 2. The van der Waals surface area contributed by atoms with Gasteiger partial charge in [0.1, 0.15) is 0 Å². The van der Waals surface area contributed by atoms with Crippen LogP contribution in [0.25, 0.3) is 6.08 Å². The van der Waals surface area contributed by atoms with E-state index in [1.54, 1.807) is 12.1 Å². The molecular formula is C17H8BrClN2O6. The number of cyclic esters (lactones) is 1. The van der Waals surface area contributed by atoms with Crippen LogP contribution < -0.4 is 9.47 Å². The number of rotatable bonds is 3. The fraction of sp³-hybridized carbons (Fsp3) is 0.0588. The van der Waals surface area contributed by atoms with E-state index in [4.69, 9.17) is 25.8 Å². The Morgan fingerprint density at radius 2 is 1.96 bits per heavy atom. The third-order valence-electron chi connectivity index (χ3n) is 3.80. The molecule has 2 heterocycles. The van der Waals surface area contributed by atoms with E-state index in [1.807, 2.05) is 0 Å². The molecule has 27 heavy (non-hydrogen) atoms. The van der Waals surface area contributed by atoms with Gasteiger partial charge in [-0.05, 0) is 29.8 Å². The van der Waals surface area contributed by atoms with Crippen LogP contribution in [0.1, 0.15) is 11.1 Å². The molecule has 2 aliphatic rings. The van der Waals surface area contributed by atoms with E-state index in [9.17, 15) is 14.9 Å². The summed E-state index contributed by atoms with van der Waals surface area (Å²) in [6.07, 6.45) is 1.51. The number of nitrogens with zero attached hydrogens (tertiary/aromatic N) is 2. The zero-order chi connectivity index (χ0) is 19.1. The second kappa shape index (κ2) is 6.67. The number of hydrogen-bond donors (Lipinski definition) is 0. The highest BCUT2D eigenvalue weighted by Crippen LogP contribution is 2.38. The molecule has 0 atom stereocenters. The molecule has 0 spiro atoms. The summed E-state index contributed by atoms with van der Waals surface area (Å²) in [6, 6.07) is 7.22. The summed E-state index contributed by atoms with van der Waals surface area (Å²) >= 11 is 9.47. The van der Waals surface area contributed by atoms with Gasteiger partial charge in [0.2, 0.25) is 12.7 Å². The smallest absolute Gasteiger partial charge is 0.363 e. The molecule has 0 amide bonds. The minimum absolute atomic E-state index is 0.0205. The maximum absolute atomic E-state index is 12.2. The molecule has 2 aliphatic heterocycles. The predicted molar refractivity (Wildman–Crippen MR) is 99.0 cm³/mol. The lowest BCUT2D eigenvalue weighted by Gasteiger charge is -2.02. The van der Waals surface area contributed by atoms with Gasteiger partial charge in [-0.3, -0.25) is 10.1 Å². The first kappa shape index (κ1) is 17.5. The minimum Gasteiger partial charge on any atom is -0.454 e. The van der Waals surface area contributed by atoms with Crippen molar-refractivity contribution in [2.45, 2.75) is 0 Å². The number of carbonyl (C=O) groups is 1. The highest BCUT2D eigenvalue weighted by Gasteiger charge is 2.27. The normalized spacial score (nSPS) is 16.4. The van der Waals surface area contributed by atoms with E-state index in [0.29, 0.717) is 21.5 Å². The molecule has 4 rings (SSSR count). The maximum Gasteiger partial charge on any atom is 0.363 e. The van der Waals surface area contributed by atoms with Gasteiger partial charge in [-0.25, -0.2) is 9.79 Å². The van der Waals surface area contributed by atoms with Gasteiger partial charge < -0.3 is 14.2 Å². The highest BCUT2D eigenvalue weighted by molar-refractivity contribution is 9.10. The zero-order valence-electron chi connectivity index (χ0n) is 13.3. The van der Waals surface area contributed by atoms with Crippen LogP contribution in [0.4, 0.5) is 5.69 Å². The molecule has 10 heteroatoms. The van der Waals surface area contributed by atoms with Crippen molar-refractivity contribution in [2.24, 2.45) is 4.99 Å². The Hall–Kier alpha value is -2.91. The molecule has 0 fully saturated rings. The van der Waals surface area contributed by atoms with Crippen molar-refractivity contribution < 1.29 is 23.9 Å². The molecule has 0 aliphatic carbocycles. The summed E-state index contributed by atoms with van der Waals surface area (Å²) in [5.74, 6) is 0.335. The second-order valence-corrected chi connectivity index (χ2v) is 6.75. The number of fused-ring (bicyclic) bond motifs is 1. The number of nitro benzene ring substituents is 1. The first-order valence-electron chi connectivity index (χ1n) is 7.48. The van der Waals surface area contributed by atoms with Gasteiger partial charge in [0.15, 0.2) is 17.2 Å². The average Bonchev–Trinajstić information content (AvgIpc) is 3.22. The quantitative estimate of drug-likeness (QED) is 0.302. The third-order valence-corrected chi connectivity index (χ3v) is 4.81. The summed E-state index contributed by atoms with van der Waals surface area (Å²) in [7, 11) is 0. The molecule has 8 nitrogen and oxygen atoms in total. The minimum atomic E-state index is -0.697. The van der Waals surface area contributed by atoms with Gasteiger partial charge in [0, 0.05) is 16.6 Å². The van der Waals surface area contributed by atoms with E-state index in [-0.39, 0.29) is 34.7 Å². The number of hydrogen-bond acceptors (Lipinski definition) is 7. The van der Waals surface area contributed by atoms with Crippen molar-refractivity contribution in [2.75, 3.05) is 6.79 Å². The number of ether oxygens (including phenoxy) is 3. The monoisotopic (exact) mass is 450 g/mol. The lowest BCUT2D eigenvalue weighted by atomic mass is 10.1. The van der Waals surface area contributed by atoms with Crippen LogP contribution in [0.5, 0.6) is 11.5 Å². The summed E-state index contributed by atoms with van der Waals surface area (Å²) < 4.78 is 16.4. The lowest BCUT2D eigenvalue weighted by molar-refractivity contribution is -0.384. The van der Waals surface area contributed by atoms with Crippen molar-refractivity contribution in [3.05, 3.63) is 66.8 Å². The SMILES string of the molecule is O=C1OC(c2cc([N+](=O)[O-])ccc2Cl)=N/C1=C\c1cc2c(cc1Br)OCO2. The van der Waals surface area contributed by atoms with Crippen molar-refractivity contribution >= 4 is 51.2 Å². The molecule has 136 valence electrons. The molecule has 0 unspecified atom stereocenters. The zero-order valence-corrected chi connectivity index (χ0v) is 15.6. The van der Waals surface area contributed by atoms with Crippen LogP contribution >= 0.6 is 27.5 Å². The Bertz CT molecular complexity index is 1070. The van der Waals surface area contributed by atoms with Crippen LogP contribution in [0.2, 0.25) is 5.02 Å². The van der Waals surface area contributed by atoms with Crippen LogP contribution in [-0.2, 0) is 9.53 Å². The van der Waals surface area contributed by atoms with Crippen molar-refractivity contribution in [3.63, 3.8) is 0 Å². The average molecular weight is 452 g/mol. The van der Waals surface area contributed by atoms with Gasteiger partial charge in [0.25, 0.3) is 5.69 Å². The Morgan fingerprint density at radius 1 is 1.22 bits per heavy atom. The molecule has 0 aromatic heterocycles. The number of esters is 1. The standard InChI is InChI=1S/C17H8BrClN2O6/c18-11-6-15-14(25-7-26-15)4-8(11)3-13-17(22)27-16(20-13)10-5-9(21(23)24)1-2-12(10)19/h1-6H,7H2/b13-3-. The van der Waals surface area contributed by atoms with E-state index in [1.165, 1.54) is 24.3 Å². The largest absolute Gasteiger partial charge is 0.454 e. The van der Waals surface area contributed by atoms with Crippen LogP contribution in [0.3, 0.4) is 0 Å². The van der Waals surface area contributed by atoms with Crippen LogP contribution in [0, 0.1) is 10.1 Å². The third kappa shape index (κ3) is 3.26. The van der Waals surface area contributed by atoms with Crippen molar-refractivity contribution in [3.8, 4) is 11.5 Å². The van der Waals surface area contributed by atoms with Gasteiger partial charge in [-0.15, -0.1) is 0 Å². The van der Waals surface area contributed by atoms with Crippen LogP contribution in [-0.4, -0.2) is 23.6 Å². The summed E-state index contributed by atoms with van der Waals surface area (Å²) in [4.78, 5) is 26.7. The predicted octanol–water partition coefficient (Wildman–Crippen LogP) is 4.08. The van der Waals surface area contributed by atoms with Crippen molar-refractivity contribution in [1.29, 1.82) is 0 Å². The molecule has 2 aromatic carbocycles. The van der Waals surface area contributed by atoms with Gasteiger partial charge in [0.05, 0.1) is 15.5 Å². The van der Waals surface area contributed by atoms with E-state index in [2.05, 4.69) is 20.9 Å². The Morgan fingerprint density at radius 3 is 2.70 bits per heavy atom. The molecule has 2 aromatic rings. The molecule has 0 saturated carbocycles. The summed E-state index contributed by atoms with van der Waals surface area (Å²) in [6.45, 7) is 0.122. The Balaban J connectivity index is 1.73. The second-order valence-electron chi connectivity index (χ2n) is 5.48. The van der Waals surface area contributed by atoms with E-state index in [0.717, 1.165) is 0 Å². The highest BCUT2D eigenvalue weighted by atomic mass is 79.9. The van der Waals surface area contributed by atoms with Gasteiger partial charge >= 0.3 is 5.97 Å². The fourth-order valence-corrected chi connectivity index (χ4v) is 3.14. The lowest BCUT2D eigenvalue weighted by Crippen LogP contribution is -2.06. The molecule has 0 radical (unpaired) electrons. The molecule has 0 N–H and O–H groups in total. The molecule has 0 saturated heterocycles. The van der Waals surface area contributed by atoms with Crippen LogP contribution in [0.15, 0.2) is 45.5 Å². The van der Waals surface area contributed by atoms with Crippen molar-refractivity contribution in [1.82, 2.24) is 0 Å². The summed E-state index contributed by atoms with van der Waals surface area (Å²) in [5.41, 5.74) is 0.616. The number of aliphatic imine (C=N–C) groups is 1. The Kier molecular flexibility index (Phi) is 4.33. The van der Waals surface area contributed by atoms with E-state index >= 15 is 0 Å². The fourth-order valence-electron chi connectivity index (χ4n) is 2.51. The molecule has 0 bridgehead atoms. The number of nitro groups is 1. The van der Waals surface area contributed by atoms with Gasteiger partial charge in [-0.2, -0.15) is 0 Å². The number of carbonyl (C=O) groups excluding carboxylic acids is 1. The number of halogens is 2. The first-order chi connectivity index (χ1) is 12.9. The van der Waals surface area contributed by atoms with E-state index < -0.39 is 10.9 Å². The first-order valence-corrected chi connectivity index (χ1v) is 8.65.